The number of aryl methyl sites for hydroxylation is 2. The van der Waals surface area contributed by atoms with Crippen LogP contribution in [0.1, 0.15) is 54.4 Å². The maximum Gasteiger partial charge on any atom is 0.224 e. The third-order valence-corrected chi connectivity index (χ3v) is 4.49. The van der Waals surface area contributed by atoms with Crippen molar-refractivity contribution in [2.24, 2.45) is 0 Å². The number of hydrogen-bond donors (Lipinski definition) is 2. The SMILES string of the molecule is Cc1cc2c(C)cc1CC(=O)NCCCCCCCNC(=O)C2. The Bertz CT molecular complexity index is 517. The van der Waals surface area contributed by atoms with Crippen LogP contribution < -0.4 is 10.6 Å². The molecule has 4 heteroatoms. The molecular formula is C19H28N2O2. The van der Waals surface area contributed by atoms with E-state index in [2.05, 4.69) is 22.8 Å². The molecule has 1 aromatic rings. The first-order chi connectivity index (χ1) is 11.1. The van der Waals surface area contributed by atoms with E-state index in [1.807, 2.05) is 13.8 Å². The van der Waals surface area contributed by atoms with E-state index in [0.717, 1.165) is 67.4 Å². The summed E-state index contributed by atoms with van der Waals surface area (Å²) >= 11 is 0. The number of amides is 2. The van der Waals surface area contributed by atoms with E-state index >= 15 is 0 Å². The van der Waals surface area contributed by atoms with Crippen LogP contribution in [0, 0.1) is 13.8 Å². The highest BCUT2D eigenvalue weighted by molar-refractivity contribution is 5.80. The van der Waals surface area contributed by atoms with Crippen molar-refractivity contribution in [1.82, 2.24) is 10.6 Å². The zero-order valence-electron chi connectivity index (χ0n) is 14.3. The van der Waals surface area contributed by atoms with Gasteiger partial charge in [0.15, 0.2) is 0 Å². The van der Waals surface area contributed by atoms with Crippen LogP contribution >= 0.6 is 0 Å². The summed E-state index contributed by atoms with van der Waals surface area (Å²) in [4.78, 5) is 24.1. The lowest BCUT2D eigenvalue weighted by molar-refractivity contribution is -0.121. The van der Waals surface area contributed by atoms with E-state index in [1.165, 1.54) is 0 Å². The standard InChI is InChI=1S/C19H28N2O2/c1-14-10-17-13-19(23)21-9-7-5-3-4-6-8-20-18(22)12-16(14)11-15(17)2/h10-11H,3-9,12-13H2,1-2H3,(H,20,22)(H,21,23). The summed E-state index contributed by atoms with van der Waals surface area (Å²) in [7, 11) is 0. The molecular weight excluding hydrogens is 288 g/mol. The predicted molar refractivity (Wildman–Crippen MR) is 92.4 cm³/mol. The Kier molecular flexibility index (Phi) is 6.63. The van der Waals surface area contributed by atoms with E-state index in [9.17, 15) is 9.59 Å². The van der Waals surface area contributed by atoms with Gasteiger partial charge in [0.05, 0.1) is 12.8 Å². The zero-order chi connectivity index (χ0) is 16.7. The van der Waals surface area contributed by atoms with Gasteiger partial charge in [0, 0.05) is 13.1 Å². The van der Waals surface area contributed by atoms with Crippen molar-refractivity contribution in [3.8, 4) is 0 Å². The lowest BCUT2D eigenvalue weighted by atomic mass is 9.96. The Labute approximate surface area is 139 Å². The largest absolute Gasteiger partial charge is 0.356 e. The molecule has 2 bridgehead atoms. The topological polar surface area (TPSA) is 58.2 Å². The highest BCUT2D eigenvalue weighted by atomic mass is 16.2. The van der Waals surface area contributed by atoms with Crippen LogP contribution in [0.15, 0.2) is 12.1 Å². The van der Waals surface area contributed by atoms with Gasteiger partial charge in [-0.3, -0.25) is 9.59 Å². The van der Waals surface area contributed by atoms with Gasteiger partial charge in [-0.15, -0.1) is 0 Å². The fraction of sp³-hybridized carbons (Fsp3) is 0.579. The Morgan fingerprint density at radius 1 is 0.696 bits per heavy atom. The number of nitrogens with one attached hydrogen (secondary N) is 2. The molecule has 3 rings (SSSR count). The first-order valence-corrected chi connectivity index (χ1v) is 8.68. The fourth-order valence-corrected chi connectivity index (χ4v) is 3.02. The lowest BCUT2D eigenvalue weighted by Gasteiger charge is -2.12. The monoisotopic (exact) mass is 316 g/mol. The van der Waals surface area contributed by atoms with E-state index in [-0.39, 0.29) is 11.8 Å². The number of fused-ring (bicyclic) bond motifs is 14. The third-order valence-electron chi connectivity index (χ3n) is 4.49. The van der Waals surface area contributed by atoms with Crippen LogP contribution in [-0.4, -0.2) is 24.9 Å². The van der Waals surface area contributed by atoms with Gasteiger partial charge < -0.3 is 10.6 Å². The molecule has 0 aliphatic carbocycles. The van der Waals surface area contributed by atoms with Gasteiger partial charge in [-0.05, 0) is 48.9 Å². The van der Waals surface area contributed by atoms with Crippen LogP contribution in [0.25, 0.3) is 0 Å². The van der Waals surface area contributed by atoms with Crippen LogP contribution in [0.2, 0.25) is 0 Å². The van der Waals surface area contributed by atoms with Crippen LogP contribution in [0.4, 0.5) is 0 Å². The second kappa shape index (κ2) is 8.70. The number of carbonyl (C=O) groups is 2. The predicted octanol–water partition coefficient (Wildman–Crippen LogP) is 2.58. The minimum atomic E-state index is 0.0855. The summed E-state index contributed by atoms with van der Waals surface area (Å²) in [5, 5.41) is 6.02. The Balaban J connectivity index is 2.13. The molecule has 2 aliphatic rings. The van der Waals surface area contributed by atoms with Crippen molar-refractivity contribution >= 4 is 11.8 Å². The minimum Gasteiger partial charge on any atom is -0.356 e. The molecule has 2 N–H and O–H groups in total. The Morgan fingerprint density at radius 3 is 1.52 bits per heavy atom. The average Bonchev–Trinajstić information content (AvgIpc) is 2.50. The summed E-state index contributed by atoms with van der Waals surface area (Å²) in [5.74, 6) is 0.171. The fourth-order valence-electron chi connectivity index (χ4n) is 3.02. The summed E-state index contributed by atoms with van der Waals surface area (Å²) in [5.41, 5.74) is 4.26. The van der Waals surface area contributed by atoms with E-state index in [4.69, 9.17) is 0 Å². The van der Waals surface area contributed by atoms with Crippen molar-refractivity contribution in [2.75, 3.05) is 13.1 Å². The van der Waals surface area contributed by atoms with Crippen molar-refractivity contribution in [1.29, 1.82) is 0 Å². The van der Waals surface area contributed by atoms with Crippen molar-refractivity contribution in [3.05, 3.63) is 34.4 Å². The summed E-state index contributed by atoms with van der Waals surface area (Å²) in [6.45, 7) is 5.53. The molecule has 0 radical (unpaired) electrons. The summed E-state index contributed by atoms with van der Waals surface area (Å²) < 4.78 is 0. The maximum absolute atomic E-state index is 12.1. The second-order valence-corrected chi connectivity index (χ2v) is 6.53. The maximum atomic E-state index is 12.1. The van der Waals surface area contributed by atoms with Gasteiger partial charge in [0.25, 0.3) is 0 Å². The minimum absolute atomic E-state index is 0.0855. The molecule has 0 atom stereocenters. The number of rotatable bonds is 0. The van der Waals surface area contributed by atoms with E-state index in [0.29, 0.717) is 12.8 Å². The second-order valence-electron chi connectivity index (χ2n) is 6.53. The summed E-state index contributed by atoms with van der Waals surface area (Å²) in [6, 6.07) is 4.10. The molecule has 0 saturated carbocycles. The number of carbonyl (C=O) groups excluding carboxylic acids is 2. The summed E-state index contributed by atoms with van der Waals surface area (Å²) in [6.07, 6.45) is 6.28. The van der Waals surface area contributed by atoms with Crippen molar-refractivity contribution in [3.63, 3.8) is 0 Å². The van der Waals surface area contributed by atoms with Crippen molar-refractivity contribution < 1.29 is 9.59 Å². The van der Waals surface area contributed by atoms with Gasteiger partial charge >= 0.3 is 0 Å². The van der Waals surface area contributed by atoms with Gasteiger partial charge in [-0.25, -0.2) is 0 Å². The first-order valence-electron chi connectivity index (χ1n) is 8.68. The lowest BCUT2D eigenvalue weighted by Crippen LogP contribution is -2.27. The molecule has 1 aromatic carbocycles. The Hall–Kier alpha value is -1.84. The molecule has 2 heterocycles. The van der Waals surface area contributed by atoms with E-state index in [1.54, 1.807) is 0 Å². The highest BCUT2D eigenvalue weighted by Crippen LogP contribution is 2.17. The van der Waals surface area contributed by atoms with Crippen LogP contribution in [-0.2, 0) is 22.4 Å². The number of benzene rings is 1. The first kappa shape index (κ1) is 17.5. The highest BCUT2D eigenvalue weighted by Gasteiger charge is 2.11. The molecule has 23 heavy (non-hydrogen) atoms. The van der Waals surface area contributed by atoms with Gasteiger partial charge in [-0.1, -0.05) is 31.4 Å². The van der Waals surface area contributed by atoms with E-state index < -0.39 is 0 Å². The molecule has 0 aromatic heterocycles. The van der Waals surface area contributed by atoms with Crippen molar-refractivity contribution in [2.45, 2.75) is 58.8 Å². The van der Waals surface area contributed by atoms with Gasteiger partial charge in [0.1, 0.15) is 0 Å². The molecule has 126 valence electrons. The molecule has 2 amide bonds. The molecule has 2 aliphatic heterocycles. The number of hydrogen-bond acceptors (Lipinski definition) is 2. The molecule has 0 spiro atoms. The molecule has 4 nitrogen and oxygen atoms in total. The van der Waals surface area contributed by atoms with Gasteiger partial charge in [0.2, 0.25) is 11.8 Å². The van der Waals surface area contributed by atoms with Crippen LogP contribution in [0.3, 0.4) is 0 Å². The Morgan fingerprint density at radius 2 is 1.09 bits per heavy atom. The smallest absolute Gasteiger partial charge is 0.224 e. The zero-order valence-corrected chi connectivity index (χ0v) is 14.3. The molecule has 0 unspecified atom stereocenters. The quantitative estimate of drug-likeness (QED) is 0.773. The third kappa shape index (κ3) is 5.70. The molecule has 0 saturated heterocycles. The van der Waals surface area contributed by atoms with Crippen LogP contribution in [0.5, 0.6) is 0 Å². The van der Waals surface area contributed by atoms with Gasteiger partial charge in [-0.2, -0.15) is 0 Å². The average molecular weight is 316 g/mol. The molecule has 0 fully saturated rings. The normalized spacial score (nSPS) is 18.2.